The summed E-state index contributed by atoms with van der Waals surface area (Å²) in [4.78, 5) is 3.90. The Kier molecular flexibility index (Phi) is 2.09. The number of hydrogen-bond acceptors (Lipinski definition) is 1. The van der Waals surface area contributed by atoms with E-state index in [9.17, 15) is 0 Å². The van der Waals surface area contributed by atoms with Gasteiger partial charge in [-0.2, -0.15) is 0 Å². The molecule has 0 fully saturated rings. The Bertz CT molecular complexity index is 232. The minimum absolute atomic E-state index is 0.381. The number of aryl methyl sites for hydroxylation is 1. The standard InChI is InChI=1S/C8H6BrN/c1-5-4-8(9)10-7(3)6(5)2/h2-4H,1H3. The SMILES string of the molecule is [CH]c1nc(Br)cc(C)c1[CH]. The highest BCUT2D eigenvalue weighted by molar-refractivity contribution is 9.10. The van der Waals surface area contributed by atoms with Gasteiger partial charge in [-0.3, -0.25) is 0 Å². The molecule has 0 aliphatic heterocycles. The first-order valence-electron chi connectivity index (χ1n) is 2.79. The van der Waals surface area contributed by atoms with Crippen LogP contribution in [0.2, 0.25) is 0 Å². The lowest BCUT2D eigenvalue weighted by Gasteiger charge is -2.02. The molecule has 0 atom stereocenters. The number of pyridine rings is 1. The van der Waals surface area contributed by atoms with E-state index in [1.54, 1.807) is 0 Å². The minimum Gasteiger partial charge on any atom is -0.245 e. The molecule has 0 spiro atoms. The minimum atomic E-state index is 0.381. The van der Waals surface area contributed by atoms with Gasteiger partial charge < -0.3 is 0 Å². The van der Waals surface area contributed by atoms with E-state index in [2.05, 4.69) is 20.9 Å². The van der Waals surface area contributed by atoms with Crippen molar-refractivity contribution in [3.63, 3.8) is 0 Å². The van der Waals surface area contributed by atoms with Crippen LogP contribution in [0, 0.1) is 20.8 Å². The molecule has 0 saturated heterocycles. The van der Waals surface area contributed by atoms with Gasteiger partial charge in [0.2, 0.25) is 0 Å². The third-order valence-corrected chi connectivity index (χ3v) is 1.67. The molecule has 1 heterocycles. The van der Waals surface area contributed by atoms with E-state index in [4.69, 9.17) is 13.8 Å². The zero-order chi connectivity index (χ0) is 7.72. The van der Waals surface area contributed by atoms with Crippen molar-refractivity contribution < 1.29 is 0 Å². The van der Waals surface area contributed by atoms with Gasteiger partial charge in [-0.15, -0.1) is 0 Å². The molecule has 1 nitrogen and oxygen atoms in total. The molecule has 0 amide bonds. The van der Waals surface area contributed by atoms with E-state index in [0.29, 0.717) is 11.3 Å². The summed E-state index contributed by atoms with van der Waals surface area (Å²) in [5, 5.41) is 0. The van der Waals surface area contributed by atoms with Gasteiger partial charge >= 0.3 is 0 Å². The third-order valence-electron chi connectivity index (χ3n) is 1.26. The van der Waals surface area contributed by atoms with Gasteiger partial charge in [0, 0.05) is 19.5 Å². The van der Waals surface area contributed by atoms with Gasteiger partial charge in [-0.1, -0.05) is 0 Å². The van der Waals surface area contributed by atoms with Gasteiger partial charge in [-0.25, -0.2) is 4.98 Å². The Morgan fingerprint density at radius 2 is 2.10 bits per heavy atom. The third kappa shape index (κ3) is 1.37. The van der Waals surface area contributed by atoms with Crippen LogP contribution in [0.5, 0.6) is 0 Å². The molecular formula is C8H6BrN. The first kappa shape index (κ1) is 7.73. The van der Waals surface area contributed by atoms with Crippen molar-refractivity contribution in [1.29, 1.82) is 0 Å². The Morgan fingerprint density at radius 1 is 1.50 bits per heavy atom. The zero-order valence-corrected chi connectivity index (χ0v) is 7.14. The molecule has 2 heteroatoms. The van der Waals surface area contributed by atoms with Gasteiger partial charge in [0.1, 0.15) is 4.60 Å². The van der Waals surface area contributed by atoms with Crippen molar-refractivity contribution in [2.75, 3.05) is 0 Å². The molecule has 0 N–H and O–H groups in total. The normalized spacial score (nSPS) is 10.0. The topological polar surface area (TPSA) is 12.9 Å². The number of halogens is 1. The van der Waals surface area contributed by atoms with Crippen molar-refractivity contribution >= 4 is 15.9 Å². The second kappa shape index (κ2) is 2.70. The summed E-state index contributed by atoms with van der Waals surface area (Å²) in [5.41, 5.74) is 1.88. The van der Waals surface area contributed by atoms with Crippen molar-refractivity contribution in [3.8, 4) is 0 Å². The fourth-order valence-electron chi connectivity index (χ4n) is 0.666. The summed E-state index contributed by atoms with van der Waals surface area (Å²) in [6, 6.07) is 1.83. The summed E-state index contributed by atoms with van der Waals surface area (Å²) in [6.07, 6.45) is 0. The van der Waals surface area contributed by atoms with Crippen LogP contribution < -0.4 is 0 Å². The quantitative estimate of drug-likeness (QED) is 0.580. The molecule has 4 radical (unpaired) electrons. The van der Waals surface area contributed by atoms with Crippen LogP contribution in [0.3, 0.4) is 0 Å². The Morgan fingerprint density at radius 3 is 2.60 bits per heavy atom. The largest absolute Gasteiger partial charge is 0.245 e. The lowest BCUT2D eigenvalue weighted by Crippen LogP contribution is -1.90. The molecule has 0 saturated carbocycles. The molecule has 0 aliphatic rings. The predicted octanol–water partition coefficient (Wildman–Crippen LogP) is 2.27. The number of rotatable bonds is 0. The maximum atomic E-state index is 5.54. The molecular weight excluding hydrogens is 190 g/mol. The maximum absolute atomic E-state index is 5.54. The second-order valence-electron chi connectivity index (χ2n) is 2.06. The second-order valence-corrected chi connectivity index (χ2v) is 2.87. The first-order valence-corrected chi connectivity index (χ1v) is 3.58. The van der Waals surface area contributed by atoms with Crippen LogP contribution in [-0.2, 0) is 0 Å². The molecule has 1 aromatic heterocycles. The molecule has 0 unspecified atom stereocenters. The lowest BCUT2D eigenvalue weighted by atomic mass is 10.1. The average molecular weight is 196 g/mol. The van der Waals surface area contributed by atoms with Gasteiger partial charge in [0.05, 0.1) is 0 Å². The van der Waals surface area contributed by atoms with Crippen LogP contribution in [0.15, 0.2) is 10.7 Å². The van der Waals surface area contributed by atoms with Gasteiger partial charge in [-0.05, 0) is 40.0 Å². The van der Waals surface area contributed by atoms with E-state index in [1.165, 1.54) is 0 Å². The monoisotopic (exact) mass is 195 g/mol. The summed E-state index contributed by atoms with van der Waals surface area (Å²) in [7, 11) is 0. The van der Waals surface area contributed by atoms with Crippen molar-refractivity contribution in [1.82, 2.24) is 4.98 Å². The summed E-state index contributed by atoms with van der Waals surface area (Å²) >= 11 is 3.20. The first-order chi connectivity index (χ1) is 4.61. The fourth-order valence-corrected chi connectivity index (χ4v) is 1.20. The highest BCUT2D eigenvalue weighted by atomic mass is 79.9. The molecule has 1 aromatic rings. The highest BCUT2D eigenvalue weighted by Gasteiger charge is 1.99. The molecule has 50 valence electrons. The van der Waals surface area contributed by atoms with Crippen LogP contribution in [0.4, 0.5) is 0 Å². The van der Waals surface area contributed by atoms with Crippen molar-refractivity contribution in [3.05, 3.63) is 41.3 Å². The Balaban J connectivity index is 3.31. The molecule has 0 aromatic carbocycles. The van der Waals surface area contributed by atoms with Gasteiger partial charge in [0.15, 0.2) is 0 Å². The van der Waals surface area contributed by atoms with E-state index >= 15 is 0 Å². The smallest absolute Gasteiger partial charge is 0.106 e. The van der Waals surface area contributed by atoms with Crippen LogP contribution >= 0.6 is 15.9 Å². The zero-order valence-electron chi connectivity index (χ0n) is 5.56. The number of hydrogen-bond donors (Lipinski definition) is 0. The highest BCUT2D eigenvalue weighted by Crippen LogP contribution is 2.14. The van der Waals surface area contributed by atoms with Crippen molar-refractivity contribution in [2.45, 2.75) is 6.92 Å². The summed E-state index contributed by atoms with van der Waals surface area (Å²) < 4.78 is 0.719. The average Bonchev–Trinajstić information content (AvgIpc) is 1.82. The summed E-state index contributed by atoms with van der Waals surface area (Å²) in [5.74, 6) is 0. The summed E-state index contributed by atoms with van der Waals surface area (Å²) in [6.45, 7) is 12.9. The number of nitrogens with zero attached hydrogens (tertiary/aromatic N) is 1. The van der Waals surface area contributed by atoms with E-state index in [0.717, 1.165) is 10.2 Å². The molecule has 10 heavy (non-hydrogen) atoms. The Labute approximate surface area is 69.6 Å². The van der Waals surface area contributed by atoms with Crippen molar-refractivity contribution in [2.24, 2.45) is 0 Å². The fraction of sp³-hybridized carbons (Fsp3) is 0.125. The maximum Gasteiger partial charge on any atom is 0.106 e. The van der Waals surface area contributed by atoms with Gasteiger partial charge in [0.25, 0.3) is 0 Å². The van der Waals surface area contributed by atoms with Crippen LogP contribution in [0.1, 0.15) is 16.8 Å². The predicted molar refractivity (Wildman–Crippen MR) is 43.5 cm³/mol. The molecule has 0 aliphatic carbocycles. The number of aromatic nitrogens is 1. The lowest BCUT2D eigenvalue weighted by molar-refractivity contribution is 1.17. The van der Waals surface area contributed by atoms with E-state index < -0.39 is 0 Å². The van der Waals surface area contributed by atoms with E-state index in [1.807, 2.05) is 13.0 Å². The van der Waals surface area contributed by atoms with Crippen LogP contribution in [0.25, 0.3) is 0 Å². The van der Waals surface area contributed by atoms with E-state index in [-0.39, 0.29) is 0 Å². The molecule has 1 rings (SSSR count). The molecule has 0 bridgehead atoms. The Hall–Kier alpha value is -0.370. The van der Waals surface area contributed by atoms with Crippen LogP contribution in [-0.4, -0.2) is 4.98 Å².